The maximum atomic E-state index is 5.85. The second kappa shape index (κ2) is 5.66. The maximum Gasteiger partial charge on any atom is 0.239 e. The lowest BCUT2D eigenvalue weighted by atomic mass is 10.1. The van der Waals surface area contributed by atoms with Crippen molar-refractivity contribution in [3.63, 3.8) is 0 Å². The number of rotatable bonds is 4. The van der Waals surface area contributed by atoms with E-state index in [9.17, 15) is 0 Å². The highest BCUT2D eigenvalue weighted by Gasteiger charge is 2.06. The van der Waals surface area contributed by atoms with Crippen molar-refractivity contribution < 1.29 is 0 Å². The molecule has 0 bridgehead atoms. The molecule has 2 rings (SSSR count). The number of aromatic nitrogens is 2. The lowest BCUT2D eigenvalue weighted by Crippen LogP contribution is -2.13. The number of benzene rings is 1. The number of nitrogens with zero attached hydrogens (tertiary/aromatic N) is 2. The molecule has 1 atom stereocenters. The zero-order chi connectivity index (χ0) is 13.0. The van der Waals surface area contributed by atoms with Crippen molar-refractivity contribution >= 4 is 23.4 Å². The van der Waals surface area contributed by atoms with Crippen molar-refractivity contribution in [2.24, 2.45) is 5.84 Å². The molecule has 4 N–H and O–H groups in total. The highest BCUT2D eigenvalue weighted by Crippen LogP contribution is 2.19. The molecule has 0 amide bonds. The Kier molecular flexibility index (Phi) is 3.96. The summed E-state index contributed by atoms with van der Waals surface area (Å²) in [5.41, 5.74) is 3.53. The van der Waals surface area contributed by atoms with E-state index >= 15 is 0 Å². The molecular weight excluding hydrogens is 250 g/mol. The predicted octanol–water partition coefficient (Wildman–Crippen LogP) is 2.59. The van der Waals surface area contributed by atoms with Gasteiger partial charge in [0.15, 0.2) is 0 Å². The zero-order valence-corrected chi connectivity index (χ0v) is 10.6. The minimum Gasteiger partial charge on any atom is -0.363 e. The molecule has 6 heteroatoms. The Bertz CT molecular complexity index is 514. The van der Waals surface area contributed by atoms with Crippen LogP contribution >= 0.6 is 11.6 Å². The van der Waals surface area contributed by atoms with Crippen LogP contribution < -0.4 is 16.6 Å². The molecule has 0 aliphatic rings. The first kappa shape index (κ1) is 12.6. The minimum absolute atomic E-state index is 0.114. The molecule has 1 heterocycles. The summed E-state index contributed by atoms with van der Waals surface area (Å²) >= 11 is 5.85. The molecule has 1 aromatic heterocycles. The van der Waals surface area contributed by atoms with Crippen LogP contribution in [0.4, 0.5) is 11.8 Å². The minimum atomic E-state index is 0.114. The van der Waals surface area contributed by atoms with E-state index in [4.69, 9.17) is 17.4 Å². The molecular formula is C12H14ClN5. The summed E-state index contributed by atoms with van der Waals surface area (Å²) in [6, 6.07) is 9.58. The first-order valence-corrected chi connectivity index (χ1v) is 5.88. The number of hydrazine groups is 1. The fourth-order valence-electron chi connectivity index (χ4n) is 1.57. The fourth-order valence-corrected chi connectivity index (χ4v) is 1.69. The summed E-state index contributed by atoms with van der Waals surface area (Å²) < 4.78 is 0. The molecule has 0 saturated carbocycles. The quantitative estimate of drug-likeness (QED) is 0.584. The van der Waals surface area contributed by atoms with Crippen LogP contribution in [0.25, 0.3) is 0 Å². The first-order chi connectivity index (χ1) is 8.69. The lowest BCUT2D eigenvalue weighted by molar-refractivity contribution is 0.872. The molecule has 2 aromatic rings. The average Bonchev–Trinajstić information content (AvgIpc) is 2.39. The normalized spacial score (nSPS) is 11.9. The smallest absolute Gasteiger partial charge is 0.239 e. The lowest BCUT2D eigenvalue weighted by Gasteiger charge is -2.15. The van der Waals surface area contributed by atoms with Gasteiger partial charge in [-0.3, -0.25) is 5.43 Å². The van der Waals surface area contributed by atoms with Gasteiger partial charge in [0.2, 0.25) is 5.95 Å². The van der Waals surface area contributed by atoms with E-state index in [0.29, 0.717) is 11.8 Å². The Morgan fingerprint density at radius 2 is 1.94 bits per heavy atom. The van der Waals surface area contributed by atoms with Crippen molar-refractivity contribution in [3.8, 4) is 0 Å². The molecule has 5 nitrogen and oxygen atoms in total. The summed E-state index contributed by atoms with van der Waals surface area (Å²) in [6.07, 6.45) is 1.64. The van der Waals surface area contributed by atoms with Gasteiger partial charge >= 0.3 is 0 Å². The molecule has 1 unspecified atom stereocenters. The topological polar surface area (TPSA) is 75.9 Å². The summed E-state index contributed by atoms with van der Waals surface area (Å²) in [6.45, 7) is 2.04. The van der Waals surface area contributed by atoms with Gasteiger partial charge in [0.25, 0.3) is 0 Å². The monoisotopic (exact) mass is 263 g/mol. The van der Waals surface area contributed by atoms with E-state index in [1.165, 1.54) is 0 Å². The molecule has 0 saturated heterocycles. The second-order valence-corrected chi connectivity index (χ2v) is 4.26. The molecule has 18 heavy (non-hydrogen) atoms. The van der Waals surface area contributed by atoms with E-state index in [-0.39, 0.29) is 6.04 Å². The van der Waals surface area contributed by atoms with Gasteiger partial charge in [0.1, 0.15) is 5.82 Å². The van der Waals surface area contributed by atoms with Gasteiger partial charge < -0.3 is 5.32 Å². The Hall–Kier alpha value is -1.85. The summed E-state index contributed by atoms with van der Waals surface area (Å²) in [7, 11) is 0. The third-order valence-corrected chi connectivity index (χ3v) is 2.77. The van der Waals surface area contributed by atoms with Crippen LogP contribution in [0, 0.1) is 0 Å². The molecule has 0 radical (unpaired) electrons. The number of halogens is 1. The first-order valence-electron chi connectivity index (χ1n) is 5.50. The van der Waals surface area contributed by atoms with Gasteiger partial charge in [0.05, 0.1) is 0 Å². The van der Waals surface area contributed by atoms with Crippen molar-refractivity contribution in [3.05, 3.63) is 47.1 Å². The van der Waals surface area contributed by atoms with Gasteiger partial charge in [-0.15, -0.1) is 0 Å². The highest BCUT2D eigenvalue weighted by molar-refractivity contribution is 6.30. The van der Waals surface area contributed by atoms with E-state index in [1.54, 1.807) is 12.3 Å². The van der Waals surface area contributed by atoms with E-state index < -0.39 is 0 Å². The van der Waals surface area contributed by atoms with Gasteiger partial charge in [0, 0.05) is 17.3 Å². The zero-order valence-electron chi connectivity index (χ0n) is 9.89. The number of nitrogens with two attached hydrogens (primary N) is 1. The van der Waals surface area contributed by atoms with Crippen LogP contribution in [-0.2, 0) is 0 Å². The van der Waals surface area contributed by atoms with Crippen LogP contribution in [0.2, 0.25) is 5.02 Å². The van der Waals surface area contributed by atoms with Crippen LogP contribution in [0.15, 0.2) is 36.5 Å². The maximum absolute atomic E-state index is 5.85. The average molecular weight is 264 g/mol. The number of hydrogen-bond donors (Lipinski definition) is 3. The van der Waals surface area contributed by atoms with Gasteiger partial charge in [-0.25, -0.2) is 10.8 Å². The van der Waals surface area contributed by atoms with E-state index in [1.807, 2.05) is 31.2 Å². The van der Waals surface area contributed by atoms with Gasteiger partial charge in [-0.2, -0.15) is 4.98 Å². The SMILES string of the molecule is CC(Nc1ccnc(NN)n1)c1ccc(Cl)cc1. The van der Waals surface area contributed by atoms with Crippen LogP contribution in [-0.4, -0.2) is 9.97 Å². The molecule has 94 valence electrons. The second-order valence-electron chi connectivity index (χ2n) is 3.83. The Balaban J connectivity index is 2.10. The summed E-state index contributed by atoms with van der Waals surface area (Å²) in [4.78, 5) is 8.13. The number of nitrogens with one attached hydrogen (secondary N) is 2. The van der Waals surface area contributed by atoms with Crippen molar-refractivity contribution in [1.29, 1.82) is 0 Å². The Labute approximate surface area is 110 Å². The van der Waals surface area contributed by atoms with E-state index in [0.717, 1.165) is 10.6 Å². The summed E-state index contributed by atoms with van der Waals surface area (Å²) in [5.74, 6) is 6.35. The number of hydrogen-bond acceptors (Lipinski definition) is 5. The van der Waals surface area contributed by atoms with Crippen molar-refractivity contribution in [2.45, 2.75) is 13.0 Å². The number of anilines is 2. The van der Waals surface area contributed by atoms with Crippen LogP contribution in [0.1, 0.15) is 18.5 Å². The third-order valence-electron chi connectivity index (χ3n) is 2.52. The molecule has 0 aliphatic heterocycles. The Morgan fingerprint density at radius 3 is 2.61 bits per heavy atom. The van der Waals surface area contributed by atoms with Crippen LogP contribution in [0.5, 0.6) is 0 Å². The van der Waals surface area contributed by atoms with Gasteiger partial charge in [-0.1, -0.05) is 23.7 Å². The molecule has 1 aromatic carbocycles. The Morgan fingerprint density at radius 1 is 1.22 bits per heavy atom. The highest BCUT2D eigenvalue weighted by atomic mass is 35.5. The largest absolute Gasteiger partial charge is 0.363 e. The summed E-state index contributed by atoms with van der Waals surface area (Å²) in [5, 5.41) is 3.99. The fraction of sp³-hybridized carbons (Fsp3) is 0.167. The standard InChI is InChI=1S/C12H14ClN5/c1-8(9-2-4-10(13)5-3-9)16-11-6-7-15-12(17-11)18-14/h2-8H,14H2,1H3,(H2,15,16,17,18). The van der Waals surface area contributed by atoms with Gasteiger partial charge in [-0.05, 0) is 30.7 Å². The molecule has 0 spiro atoms. The number of nitrogen functional groups attached to an aromatic ring is 1. The predicted molar refractivity (Wildman–Crippen MR) is 73.3 cm³/mol. The molecule has 0 fully saturated rings. The van der Waals surface area contributed by atoms with Crippen molar-refractivity contribution in [2.75, 3.05) is 10.7 Å². The van der Waals surface area contributed by atoms with Crippen molar-refractivity contribution in [1.82, 2.24) is 9.97 Å². The van der Waals surface area contributed by atoms with E-state index in [2.05, 4.69) is 20.7 Å². The molecule has 0 aliphatic carbocycles. The van der Waals surface area contributed by atoms with Crippen LogP contribution in [0.3, 0.4) is 0 Å². The third kappa shape index (κ3) is 3.09.